The Bertz CT molecular complexity index is 3030. The largest absolute Gasteiger partial charge is 0.489 e. The third-order valence-electron chi connectivity index (χ3n) is 13.6. The van der Waals surface area contributed by atoms with Gasteiger partial charge in [-0.3, -0.25) is 39.1 Å². The number of imide groups is 1. The number of piperidine rings is 1. The second-order valence-corrected chi connectivity index (χ2v) is 19.4. The fourth-order valence-corrected chi connectivity index (χ4v) is 9.80. The van der Waals surface area contributed by atoms with E-state index in [4.69, 9.17) is 42.1 Å². The summed E-state index contributed by atoms with van der Waals surface area (Å²) in [7, 11) is 1.69. The zero-order valence-corrected chi connectivity index (χ0v) is 43.7. The Morgan fingerprint density at radius 3 is 2.32 bits per heavy atom. The van der Waals surface area contributed by atoms with Crippen LogP contribution in [0.5, 0.6) is 5.75 Å². The van der Waals surface area contributed by atoms with E-state index in [9.17, 15) is 24.0 Å². The molecule has 7 heterocycles. The number of anilines is 1. The predicted molar refractivity (Wildman–Crippen MR) is 278 cm³/mol. The highest BCUT2D eigenvalue weighted by atomic mass is 35.5. The lowest BCUT2D eigenvalue weighted by Gasteiger charge is -2.34. The summed E-state index contributed by atoms with van der Waals surface area (Å²) < 4.78 is 25.1. The highest BCUT2D eigenvalue weighted by molar-refractivity contribution is 6.32. The number of rotatable bonds is 24. The van der Waals surface area contributed by atoms with E-state index in [-0.39, 0.29) is 66.2 Å². The molecule has 6 aromatic rings. The molecular formula is C52H59Cl2N13O9. The van der Waals surface area contributed by atoms with Crippen LogP contribution in [0, 0.1) is 0 Å². The third-order valence-corrected chi connectivity index (χ3v) is 14.1. The third kappa shape index (κ3) is 13.4. The van der Waals surface area contributed by atoms with Gasteiger partial charge in [0, 0.05) is 81.7 Å². The van der Waals surface area contributed by atoms with Gasteiger partial charge in [-0.1, -0.05) is 53.5 Å². The van der Waals surface area contributed by atoms with E-state index in [1.807, 2.05) is 13.0 Å². The zero-order valence-electron chi connectivity index (χ0n) is 42.2. The van der Waals surface area contributed by atoms with E-state index in [1.54, 1.807) is 46.9 Å². The van der Waals surface area contributed by atoms with Crippen LogP contribution in [-0.2, 0) is 59.5 Å². The number of carbonyl (C=O) groups is 5. The van der Waals surface area contributed by atoms with Crippen molar-refractivity contribution in [1.82, 2.24) is 59.5 Å². The molecule has 0 spiro atoms. The van der Waals surface area contributed by atoms with E-state index in [1.165, 1.54) is 33.9 Å². The molecule has 2 aromatic carbocycles. The Morgan fingerprint density at radius 1 is 0.868 bits per heavy atom. The Kier molecular flexibility index (Phi) is 17.9. The topological polar surface area (TPSA) is 233 Å². The van der Waals surface area contributed by atoms with E-state index in [2.05, 4.69) is 70.0 Å². The van der Waals surface area contributed by atoms with Gasteiger partial charge in [-0.05, 0) is 42.7 Å². The van der Waals surface area contributed by atoms with Crippen LogP contribution < -0.4 is 15.4 Å². The van der Waals surface area contributed by atoms with E-state index in [0.717, 1.165) is 50.4 Å². The summed E-state index contributed by atoms with van der Waals surface area (Å²) in [5.74, 6) is -0.567. The molecule has 2 saturated heterocycles. The molecule has 0 saturated carbocycles. The maximum Gasteiger partial charge on any atom is 0.255 e. The summed E-state index contributed by atoms with van der Waals surface area (Å²) >= 11 is 12.7. The normalized spacial score (nSPS) is 16.5. The van der Waals surface area contributed by atoms with Gasteiger partial charge in [-0.2, -0.15) is 15.3 Å². The fourth-order valence-electron chi connectivity index (χ4n) is 9.38. The van der Waals surface area contributed by atoms with Gasteiger partial charge < -0.3 is 34.1 Å². The van der Waals surface area contributed by atoms with Crippen LogP contribution in [0.3, 0.4) is 0 Å². The number of piperazine rings is 1. The number of amides is 5. The molecule has 2 fully saturated rings. The quantitative estimate of drug-likeness (QED) is 0.0635. The molecule has 76 heavy (non-hydrogen) atoms. The standard InChI is InChI=1S/C52H59Cl2N13O9/c1-34(49-37(29-55-45-28-44(54)61-66(45)49)26-47(69)59-38-27-41(53)50(56-30-38)67-57-13-14-58-67)62(2)48(70)12-20-73-22-24-75-25-23-74-21-19-63-15-17-64(18-16-63)31-35-6-8-36(9-7-35)33-76-43-5-3-4-39-40(43)32-65(52(39)72)42-10-11-46(68)60-51(42)71/h3-9,13-14,27-30,34,42H,10-12,15-26,31-33H2,1-2H3,(H,59,69)(H,60,68,71)/t34-,42-/m0/s1. The molecule has 3 aliphatic heterocycles. The summed E-state index contributed by atoms with van der Waals surface area (Å²) in [5.41, 5.74) is 5.49. The van der Waals surface area contributed by atoms with Gasteiger partial charge in [0.1, 0.15) is 18.4 Å². The number of carbonyl (C=O) groups excluding carboxylic acids is 5. The van der Waals surface area contributed by atoms with Crippen molar-refractivity contribution < 1.29 is 42.9 Å². The molecule has 0 unspecified atom stereocenters. The smallest absolute Gasteiger partial charge is 0.255 e. The second kappa shape index (κ2) is 25.3. The Hall–Kier alpha value is -6.92. The Labute approximate surface area is 448 Å². The Balaban J connectivity index is 0.617. The summed E-state index contributed by atoms with van der Waals surface area (Å²) in [6, 6.07) is 15.8. The lowest BCUT2D eigenvalue weighted by molar-refractivity contribution is -0.137. The van der Waals surface area contributed by atoms with Crippen LogP contribution in [0.25, 0.3) is 11.5 Å². The first-order chi connectivity index (χ1) is 36.9. The second-order valence-electron chi connectivity index (χ2n) is 18.7. The van der Waals surface area contributed by atoms with Crippen molar-refractivity contribution in [3.8, 4) is 11.6 Å². The number of halogens is 2. The number of hydrogen-bond acceptors (Lipinski definition) is 16. The van der Waals surface area contributed by atoms with Crippen molar-refractivity contribution in [3.05, 3.63) is 123 Å². The minimum Gasteiger partial charge on any atom is -0.489 e. The molecule has 400 valence electrons. The molecule has 5 amide bonds. The average Bonchev–Trinajstić information content (AvgIpc) is 4.19. The first kappa shape index (κ1) is 53.9. The monoisotopic (exact) mass is 1080 g/mol. The Morgan fingerprint density at radius 2 is 1.58 bits per heavy atom. The van der Waals surface area contributed by atoms with Gasteiger partial charge in [-0.15, -0.1) is 4.80 Å². The zero-order chi connectivity index (χ0) is 53.1. The van der Waals surface area contributed by atoms with Gasteiger partial charge in [0.05, 0.1) is 100 Å². The molecule has 2 atom stereocenters. The van der Waals surface area contributed by atoms with Crippen molar-refractivity contribution in [2.75, 3.05) is 84.7 Å². The number of pyridine rings is 1. The molecule has 9 rings (SSSR count). The van der Waals surface area contributed by atoms with Gasteiger partial charge in [0.2, 0.25) is 23.6 Å². The van der Waals surface area contributed by atoms with Crippen molar-refractivity contribution in [1.29, 1.82) is 0 Å². The first-order valence-corrected chi connectivity index (χ1v) is 25.9. The minimum absolute atomic E-state index is 0.0856. The number of nitrogens with zero attached hydrogens (tertiary/aromatic N) is 11. The minimum atomic E-state index is -0.673. The van der Waals surface area contributed by atoms with Crippen molar-refractivity contribution in [3.63, 3.8) is 0 Å². The molecule has 0 bridgehead atoms. The van der Waals surface area contributed by atoms with E-state index < -0.39 is 18.0 Å². The summed E-state index contributed by atoms with van der Waals surface area (Å²) in [5, 5.41) is 18.1. The summed E-state index contributed by atoms with van der Waals surface area (Å²) in [4.78, 5) is 82.0. The lowest BCUT2D eigenvalue weighted by atomic mass is 10.0. The van der Waals surface area contributed by atoms with Crippen molar-refractivity contribution >= 4 is 64.1 Å². The van der Waals surface area contributed by atoms with Gasteiger partial charge in [0.25, 0.3) is 5.91 Å². The molecule has 2 N–H and O–H groups in total. The van der Waals surface area contributed by atoms with Gasteiger partial charge in [-0.25, -0.2) is 14.5 Å². The number of fused-ring (bicyclic) bond motifs is 2. The van der Waals surface area contributed by atoms with Crippen LogP contribution in [0.4, 0.5) is 5.69 Å². The molecule has 3 aliphatic rings. The van der Waals surface area contributed by atoms with E-state index in [0.29, 0.717) is 85.8 Å². The number of benzene rings is 2. The van der Waals surface area contributed by atoms with Gasteiger partial charge in [0.15, 0.2) is 16.6 Å². The lowest BCUT2D eigenvalue weighted by Crippen LogP contribution is -2.52. The van der Waals surface area contributed by atoms with Crippen LogP contribution in [0.2, 0.25) is 10.2 Å². The van der Waals surface area contributed by atoms with Crippen LogP contribution in [0.1, 0.15) is 70.5 Å². The van der Waals surface area contributed by atoms with Crippen LogP contribution in [-0.4, -0.2) is 169 Å². The summed E-state index contributed by atoms with van der Waals surface area (Å²) in [6.07, 6.45) is 6.62. The van der Waals surface area contributed by atoms with Crippen LogP contribution >= 0.6 is 23.2 Å². The highest BCUT2D eigenvalue weighted by Crippen LogP contribution is 2.34. The molecular weight excluding hydrogens is 1020 g/mol. The highest BCUT2D eigenvalue weighted by Gasteiger charge is 2.40. The maximum absolute atomic E-state index is 13.4. The van der Waals surface area contributed by atoms with Gasteiger partial charge >= 0.3 is 0 Å². The van der Waals surface area contributed by atoms with Crippen LogP contribution in [0.15, 0.2) is 79.4 Å². The van der Waals surface area contributed by atoms with Crippen molar-refractivity contribution in [2.45, 2.75) is 64.4 Å². The molecule has 0 radical (unpaired) electrons. The number of ether oxygens (including phenoxy) is 4. The molecule has 4 aromatic heterocycles. The average molecular weight is 1080 g/mol. The maximum atomic E-state index is 13.4. The number of aromatic nitrogens is 7. The molecule has 0 aliphatic carbocycles. The fraction of sp³-hybridized carbons (Fsp3) is 0.423. The summed E-state index contributed by atoms with van der Waals surface area (Å²) in [6.45, 7) is 10.4. The molecule has 24 heteroatoms. The number of nitrogens with one attached hydrogen (secondary N) is 2. The SMILES string of the molecule is C[C@@H](c1c(CC(=O)Nc2cnc(-n3nccn3)c(Cl)c2)cnc2cc(Cl)nn12)N(C)C(=O)CCOCCOCCOCCN1CCN(Cc2ccc(COc3cccc4c3CN([C@H]3CCC(=O)NC3=O)C4=O)cc2)CC1. The predicted octanol–water partition coefficient (Wildman–Crippen LogP) is 4.31. The number of hydrogen-bond donors (Lipinski definition) is 2. The van der Waals surface area contributed by atoms with Crippen molar-refractivity contribution in [2.24, 2.45) is 0 Å². The molecule has 22 nitrogen and oxygen atoms in total. The van der Waals surface area contributed by atoms with E-state index >= 15 is 0 Å². The first-order valence-electron chi connectivity index (χ1n) is 25.1.